The summed E-state index contributed by atoms with van der Waals surface area (Å²) in [5.41, 5.74) is 4.43. The van der Waals surface area contributed by atoms with E-state index in [2.05, 4.69) is 39.5 Å². The lowest BCUT2D eigenvalue weighted by molar-refractivity contribution is -0.110. The zero-order chi connectivity index (χ0) is 17.7. The van der Waals surface area contributed by atoms with Gasteiger partial charge in [0.1, 0.15) is 0 Å². The van der Waals surface area contributed by atoms with Crippen LogP contribution in [0.15, 0.2) is 47.6 Å². The van der Waals surface area contributed by atoms with Gasteiger partial charge in [-0.3, -0.25) is 4.79 Å². The monoisotopic (exact) mass is 324 g/mol. The molecule has 0 aromatic rings. The first kappa shape index (κ1) is 17.5. The van der Waals surface area contributed by atoms with Crippen LogP contribution in [-0.4, -0.2) is 5.78 Å². The first-order valence-corrected chi connectivity index (χ1v) is 9.67. The Labute approximate surface area is 147 Å². The van der Waals surface area contributed by atoms with Crippen LogP contribution < -0.4 is 0 Å². The van der Waals surface area contributed by atoms with Crippen LogP contribution in [0.25, 0.3) is 0 Å². The Kier molecular flexibility index (Phi) is 4.26. The molecule has 5 atom stereocenters. The molecular weight excluding hydrogens is 292 g/mol. The number of carbonyl (C=O) groups excluding carboxylic acids is 1. The standard InChI is InChI=1S/C21H26O.C2H6/c1-13-11-16-17-6-5-14(2)20(17,3)10-8-18(16)21(4)9-7-15(22)12-19(13)21;1-2/h5,7,9,12,16-18H,1,6,8,10-11H2,2-4H3;1-2H3. The molecule has 130 valence electrons. The molecule has 1 heteroatoms. The van der Waals surface area contributed by atoms with Crippen molar-refractivity contribution >= 4 is 5.78 Å². The van der Waals surface area contributed by atoms with Crippen LogP contribution in [0, 0.1) is 28.6 Å². The maximum atomic E-state index is 11.8. The smallest absolute Gasteiger partial charge is 0.178 e. The van der Waals surface area contributed by atoms with Crippen LogP contribution in [0.5, 0.6) is 0 Å². The molecule has 0 aliphatic heterocycles. The minimum Gasteiger partial charge on any atom is -0.290 e. The summed E-state index contributed by atoms with van der Waals surface area (Å²) >= 11 is 0. The van der Waals surface area contributed by atoms with Gasteiger partial charge in [-0.15, -0.1) is 0 Å². The highest BCUT2D eigenvalue weighted by molar-refractivity contribution is 6.01. The van der Waals surface area contributed by atoms with Crippen LogP contribution in [0.4, 0.5) is 0 Å². The van der Waals surface area contributed by atoms with Crippen molar-refractivity contribution in [2.75, 3.05) is 0 Å². The first-order valence-electron chi connectivity index (χ1n) is 9.67. The van der Waals surface area contributed by atoms with Gasteiger partial charge in [0, 0.05) is 5.41 Å². The van der Waals surface area contributed by atoms with Crippen molar-refractivity contribution < 1.29 is 4.79 Å². The summed E-state index contributed by atoms with van der Waals surface area (Å²) in [4.78, 5) is 11.8. The van der Waals surface area contributed by atoms with Crippen molar-refractivity contribution in [3.8, 4) is 0 Å². The van der Waals surface area contributed by atoms with Crippen molar-refractivity contribution in [1.29, 1.82) is 0 Å². The van der Waals surface area contributed by atoms with Crippen LogP contribution in [0.2, 0.25) is 0 Å². The molecule has 0 heterocycles. The van der Waals surface area contributed by atoms with Crippen molar-refractivity contribution in [2.45, 2.75) is 60.3 Å². The SMILES string of the molecule is C=C1CC2C(CCC3(C)C(C)=CCC23)C2(C)C=CC(=O)C=C12.CC. The molecular formula is C23H32O. The van der Waals surface area contributed by atoms with E-state index in [-0.39, 0.29) is 11.2 Å². The zero-order valence-electron chi connectivity index (χ0n) is 16.0. The Balaban J connectivity index is 0.000000815. The Bertz CT molecular complexity index is 662. The van der Waals surface area contributed by atoms with Crippen molar-refractivity contribution in [3.63, 3.8) is 0 Å². The maximum absolute atomic E-state index is 11.8. The molecule has 1 nitrogen and oxygen atoms in total. The third-order valence-electron chi connectivity index (χ3n) is 7.50. The summed E-state index contributed by atoms with van der Waals surface area (Å²) in [6.45, 7) is 15.5. The average molecular weight is 325 g/mol. The molecule has 0 radical (unpaired) electrons. The second-order valence-corrected chi connectivity index (χ2v) is 8.34. The Hall–Kier alpha value is -1.37. The molecule has 0 aromatic carbocycles. The van der Waals surface area contributed by atoms with E-state index in [4.69, 9.17) is 0 Å². The molecule has 0 N–H and O–H groups in total. The van der Waals surface area contributed by atoms with Crippen molar-refractivity contribution in [1.82, 2.24) is 0 Å². The van der Waals surface area contributed by atoms with Crippen molar-refractivity contribution in [3.05, 3.63) is 47.6 Å². The fourth-order valence-corrected chi connectivity index (χ4v) is 5.99. The highest BCUT2D eigenvalue weighted by atomic mass is 16.1. The number of carbonyl (C=O) groups is 1. The molecule has 2 saturated carbocycles. The molecule has 2 fully saturated rings. The topological polar surface area (TPSA) is 17.1 Å². The Morgan fingerprint density at radius 3 is 2.62 bits per heavy atom. The largest absolute Gasteiger partial charge is 0.290 e. The lowest BCUT2D eigenvalue weighted by atomic mass is 9.47. The second kappa shape index (κ2) is 5.86. The summed E-state index contributed by atoms with van der Waals surface area (Å²) in [6.07, 6.45) is 13.2. The minimum absolute atomic E-state index is 0.0196. The third kappa shape index (κ3) is 2.24. The highest BCUT2D eigenvalue weighted by Crippen LogP contribution is 2.65. The van der Waals surface area contributed by atoms with Crippen molar-refractivity contribution in [2.24, 2.45) is 28.6 Å². The summed E-state index contributed by atoms with van der Waals surface area (Å²) in [5.74, 6) is 2.25. The van der Waals surface area contributed by atoms with Gasteiger partial charge >= 0.3 is 0 Å². The van der Waals surface area contributed by atoms with Gasteiger partial charge in [0.2, 0.25) is 0 Å². The first-order chi connectivity index (χ1) is 11.4. The van der Waals surface area contributed by atoms with E-state index in [0.29, 0.717) is 17.3 Å². The minimum atomic E-state index is 0.0196. The number of hydrogen-bond acceptors (Lipinski definition) is 1. The van der Waals surface area contributed by atoms with Crippen LogP contribution >= 0.6 is 0 Å². The van der Waals surface area contributed by atoms with E-state index in [9.17, 15) is 4.79 Å². The summed E-state index contributed by atoms with van der Waals surface area (Å²) in [7, 11) is 0. The quantitative estimate of drug-likeness (QED) is 0.496. The van der Waals surface area contributed by atoms with Gasteiger partial charge in [-0.2, -0.15) is 0 Å². The van der Waals surface area contributed by atoms with E-state index >= 15 is 0 Å². The average Bonchev–Trinajstić information content (AvgIpc) is 2.87. The van der Waals surface area contributed by atoms with E-state index in [1.54, 1.807) is 11.6 Å². The molecule has 0 amide bonds. The molecule has 0 bridgehead atoms. The molecule has 4 aliphatic rings. The number of ketones is 1. The molecule has 4 rings (SSSR count). The second-order valence-electron chi connectivity index (χ2n) is 8.34. The summed E-state index contributed by atoms with van der Waals surface area (Å²) < 4.78 is 0. The van der Waals surface area contributed by atoms with E-state index in [1.807, 2.05) is 19.9 Å². The number of allylic oxidation sites excluding steroid dienone is 7. The van der Waals surface area contributed by atoms with E-state index in [0.717, 1.165) is 12.3 Å². The zero-order valence-corrected chi connectivity index (χ0v) is 16.0. The summed E-state index contributed by atoms with van der Waals surface area (Å²) in [5, 5.41) is 0. The third-order valence-corrected chi connectivity index (χ3v) is 7.50. The van der Waals surface area contributed by atoms with Gasteiger partial charge in [0.15, 0.2) is 5.78 Å². The van der Waals surface area contributed by atoms with Crippen LogP contribution in [-0.2, 0) is 4.79 Å². The molecule has 24 heavy (non-hydrogen) atoms. The maximum Gasteiger partial charge on any atom is 0.178 e. The fraction of sp³-hybridized carbons (Fsp3) is 0.609. The predicted molar refractivity (Wildman–Crippen MR) is 102 cm³/mol. The van der Waals surface area contributed by atoms with Gasteiger partial charge in [-0.1, -0.05) is 57.6 Å². The normalized spacial score (nSPS) is 43.0. The van der Waals surface area contributed by atoms with Crippen LogP contribution in [0.1, 0.15) is 60.3 Å². The van der Waals surface area contributed by atoms with Gasteiger partial charge in [-0.05, 0) is 73.5 Å². The van der Waals surface area contributed by atoms with Gasteiger partial charge in [0.05, 0.1) is 0 Å². The molecule has 0 aromatic heterocycles. The van der Waals surface area contributed by atoms with Gasteiger partial charge in [-0.25, -0.2) is 0 Å². The van der Waals surface area contributed by atoms with E-state index < -0.39 is 0 Å². The molecule has 0 saturated heterocycles. The van der Waals surface area contributed by atoms with E-state index in [1.165, 1.54) is 30.4 Å². The number of fused-ring (bicyclic) bond motifs is 5. The Morgan fingerprint density at radius 1 is 1.21 bits per heavy atom. The number of rotatable bonds is 0. The highest BCUT2D eigenvalue weighted by Gasteiger charge is 2.56. The number of hydrogen-bond donors (Lipinski definition) is 0. The fourth-order valence-electron chi connectivity index (χ4n) is 5.99. The predicted octanol–water partition coefficient (Wildman–Crippen LogP) is 6.04. The lowest BCUT2D eigenvalue weighted by Crippen LogP contribution is -2.49. The molecule has 4 aliphatic carbocycles. The Morgan fingerprint density at radius 2 is 1.92 bits per heavy atom. The lowest BCUT2D eigenvalue weighted by Gasteiger charge is -2.57. The summed E-state index contributed by atoms with van der Waals surface area (Å²) in [6, 6.07) is 0. The van der Waals surface area contributed by atoms with Gasteiger partial charge in [0.25, 0.3) is 0 Å². The van der Waals surface area contributed by atoms with Gasteiger partial charge < -0.3 is 0 Å². The molecule has 0 spiro atoms. The van der Waals surface area contributed by atoms with Crippen LogP contribution in [0.3, 0.4) is 0 Å². The molecule has 5 unspecified atom stereocenters.